The Morgan fingerprint density at radius 1 is 0.969 bits per heavy atom. The molecule has 3 heterocycles. The van der Waals surface area contributed by atoms with Crippen LogP contribution in [0, 0.1) is 0 Å². The monoisotopic (exact) mass is 442 g/mol. The van der Waals surface area contributed by atoms with Crippen LogP contribution in [0.25, 0.3) is 0 Å². The number of ketones is 2. The van der Waals surface area contributed by atoms with Crippen LogP contribution < -0.4 is 0 Å². The van der Waals surface area contributed by atoms with E-state index in [1.54, 1.807) is 13.8 Å². The Kier molecular flexibility index (Phi) is 2.97. The molecule has 7 rings (SSSR count). The maximum absolute atomic E-state index is 13.6. The van der Waals surface area contributed by atoms with E-state index in [9.17, 15) is 34.8 Å². The predicted octanol–water partition coefficient (Wildman–Crippen LogP) is -0.307. The lowest BCUT2D eigenvalue weighted by Gasteiger charge is -2.41. The van der Waals surface area contributed by atoms with Gasteiger partial charge in [0.05, 0.1) is 40.7 Å². The lowest BCUT2D eigenvalue weighted by Crippen LogP contribution is -2.45. The fourth-order valence-electron chi connectivity index (χ4n) is 6.79. The number of hydrogen-bond acceptors (Lipinski definition) is 10. The average molecular weight is 442 g/mol. The Labute approximate surface area is 180 Å². The van der Waals surface area contributed by atoms with E-state index in [2.05, 4.69) is 0 Å². The first kappa shape index (κ1) is 18.8. The van der Waals surface area contributed by atoms with Crippen LogP contribution in [0.2, 0.25) is 0 Å². The number of fused-ring (bicyclic) bond motifs is 5. The summed E-state index contributed by atoms with van der Waals surface area (Å²) in [4.78, 5) is 38.9. The highest BCUT2D eigenvalue weighted by atomic mass is 16.6. The molecule has 2 saturated heterocycles. The molecule has 3 aliphatic heterocycles. The van der Waals surface area contributed by atoms with Gasteiger partial charge in [-0.15, -0.1) is 0 Å². The molecule has 5 unspecified atom stereocenters. The van der Waals surface area contributed by atoms with Crippen LogP contribution in [0.3, 0.4) is 0 Å². The van der Waals surface area contributed by atoms with Crippen molar-refractivity contribution in [3.63, 3.8) is 0 Å². The van der Waals surface area contributed by atoms with E-state index in [-0.39, 0.29) is 28.7 Å². The van der Waals surface area contributed by atoms with Crippen molar-refractivity contribution in [1.29, 1.82) is 0 Å². The second-order valence-electron chi connectivity index (χ2n) is 9.41. The van der Waals surface area contributed by atoms with E-state index < -0.39 is 87.8 Å². The topological polar surface area (TPSA) is 160 Å². The number of rotatable bonds is 0. The van der Waals surface area contributed by atoms with Crippen molar-refractivity contribution in [2.75, 3.05) is 0 Å². The number of esters is 1. The van der Waals surface area contributed by atoms with Crippen molar-refractivity contribution in [2.45, 2.75) is 67.9 Å². The zero-order valence-electron chi connectivity index (χ0n) is 16.9. The first-order valence-electron chi connectivity index (χ1n) is 10.4. The third-order valence-electron chi connectivity index (χ3n) is 8.23. The summed E-state index contributed by atoms with van der Waals surface area (Å²) in [6.45, 7) is 3.13. The molecule has 10 nitrogen and oxygen atoms in total. The molecule has 0 bridgehead atoms. The molecule has 10 heteroatoms. The van der Waals surface area contributed by atoms with Gasteiger partial charge in [-0.2, -0.15) is 0 Å². The summed E-state index contributed by atoms with van der Waals surface area (Å²) in [5.74, 6) is -3.13. The highest BCUT2D eigenvalue weighted by molar-refractivity contribution is 6.30. The summed E-state index contributed by atoms with van der Waals surface area (Å²) < 4.78 is 16.7. The van der Waals surface area contributed by atoms with Crippen molar-refractivity contribution in [2.24, 2.45) is 0 Å². The molecule has 1 aromatic carbocycles. The van der Waals surface area contributed by atoms with Crippen LogP contribution in [0.15, 0.2) is 11.1 Å². The quantitative estimate of drug-likeness (QED) is 0.310. The molecule has 0 aromatic heterocycles. The van der Waals surface area contributed by atoms with Crippen molar-refractivity contribution in [3.05, 3.63) is 33.4 Å². The zero-order valence-corrected chi connectivity index (χ0v) is 16.9. The number of benzene rings is 1. The third-order valence-corrected chi connectivity index (χ3v) is 8.23. The number of hydrogen-bond donors (Lipinski definition) is 4. The van der Waals surface area contributed by atoms with E-state index in [0.717, 1.165) is 0 Å². The van der Waals surface area contributed by atoms with Gasteiger partial charge in [-0.05, 0) is 13.8 Å². The second kappa shape index (κ2) is 5.07. The molecule has 6 aliphatic rings. The second-order valence-corrected chi connectivity index (χ2v) is 9.41. The molecule has 166 valence electrons. The third kappa shape index (κ3) is 1.54. The summed E-state index contributed by atoms with van der Waals surface area (Å²) >= 11 is 0. The minimum atomic E-state index is -1.67. The van der Waals surface area contributed by atoms with Gasteiger partial charge in [0.2, 0.25) is 0 Å². The molecular weight excluding hydrogens is 424 g/mol. The SMILES string of the molecule is CC1OC2c3c(O)c4c(c(O)c3C23C(O)C13O)C(=O)C1=C(C4=O)[C@@H]2OC(=O)C[C@@H]2O[C@H]1C. The Morgan fingerprint density at radius 3 is 2.31 bits per heavy atom. The lowest BCUT2D eigenvalue weighted by molar-refractivity contribution is -0.140. The maximum atomic E-state index is 13.6. The standard InChI is InChI=1S/C22H18O10/c1-4-8-11(18-6(30-4)3-7(23)32-18)15(25)9-10(14(8)24)17(27)13-12(16(9)26)19-21(13)20(28)22(21,29)5(2)31-19/h4-6,18-20,26-29H,3H2,1-2H3/t4-,5?,6-,18+,19?,20?,21?,22?/m0/s1. The summed E-state index contributed by atoms with van der Waals surface area (Å²) in [5.41, 5.74) is -3.81. The molecular formula is C22H18O10. The molecule has 32 heavy (non-hydrogen) atoms. The van der Waals surface area contributed by atoms with Crippen LogP contribution in [0.1, 0.15) is 58.2 Å². The van der Waals surface area contributed by atoms with E-state index in [0.29, 0.717) is 0 Å². The van der Waals surface area contributed by atoms with Gasteiger partial charge in [-0.25, -0.2) is 0 Å². The van der Waals surface area contributed by atoms with Crippen molar-refractivity contribution >= 4 is 17.5 Å². The first-order valence-corrected chi connectivity index (χ1v) is 10.4. The van der Waals surface area contributed by atoms with Gasteiger partial charge in [-0.3, -0.25) is 14.4 Å². The minimum absolute atomic E-state index is 0.0258. The smallest absolute Gasteiger partial charge is 0.309 e. The zero-order chi connectivity index (χ0) is 22.6. The lowest BCUT2D eigenvalue weighted by atomic mass is 9.65. The highest BCUT2D eigenvalue weighted by Crippen LogP contribution is 2.81. The molecule has 1 aromatic rings. The first-order chi connectivity index (χ1) is 15.1. The van der Waals surface area contributed by atoms with E-state index in [1.807, 2.05) is 0 Å². The Morgan fingerprint density at radius 2 is 1.62 bits per heavy atom. The number of phenols is 2. The van der Waals surface area contributed by atoms with E-state index in [1.165, 1.54) is 0 Å². The fraction of sp³-hybridized carbons (Fsp3) is 0.500. The Hall–Kier alpha value is -2.79. The Bertz CT molecular complexity index is 1260. The minimum Gasteiger partial charge on any atom is -0.507 e. The number of aliphatic hydroxyl groups excluding tert-OH is 1. The summed E-state index contributed by atoms with van der Waals surface area (Å²) in [7, 11) is 0. The number of ether oxygens (including phenoxy) is 3. The molecule has 0 radical (unpaired) electrons. The summed E-state index contributed by atoms with van der Waals surface area (Å²) in [6, 6.07) is 0. The summed E-state index contributed by atoms with van der Waals surface area (Å²) in [5, 5.41) is 43.7. The van der Waals surface area contributed by atoms with Crippen LogP contribution in [-0.2, 0) is 24.4 Å². The van der Waals surface area contributed by atoms with Gasteiger partial charge in [0.25, 0.3) is 0 Å². The van der Waals surface area contributed by atoms with Crippen molar-refractivity contribution in [3.8, 4) is 11.5 Å². The number of carbonyl (C=O) groups is 3. The van der Waals surface area contributed by atoms with Gasteiger partial charge in [0, 0.05) is 16.7 Å². The van der Waals surface area contributed by atoms with Gasteiger partial charge in [0.1, 0.15) is 35.4 Å². The predicted molar refractivity (Wildman–Crippen MR) is 100 cm³/mol. The van der Waals surface area contributed by atoms with Crippen LogP contribution in [0.4, 0.5) is 0 Å². The molecule has 3 aliphatic carbocycles. The molecule has 1 spiro atoms. The fourth-order valence-corrected chi connectivity index (χ4v) is 6.79. The normalized spacial score (nSPS) is 44.7. The van der Waals surface area contributed by atoms with Crippen LogP contribution >= 0.6 is 0 Å². The molecule has 0 amide bonds. The van der Waals surface area contributed by atoms with Crippen LogP contribution in [0.5, 0.6) is 11.5 Å². The van der Waals surface area contributed by atoms with Crippen molar-refractivity contribution in [1.82, 2.24) is 0 Å². The molecule has 4 N–H and O–H groups in total. The maximum Gasteiger partial charge on any atom is 0.309 e. The Balaban J connectivity index is 1.48. The van der Waals surface area contributed by atoms with E-state index >= 15 is 0 Å². The largest absolute Gasteiger partial charge is 0.507 e. The molecule has 8 atom stereocenters. The van der Waals surface area contributed by atoms with Gasteiger partial charge >= 0.3 is 5.97 Å². The van der Waals surface area contributed by atoms with Crippen LogP contribution in [-0.4, -0.2) is 74.1 Å². The number of carbonyl (C=O) groups excluding carboxylic acids is 3. The van der Waals surface area contributed by atoms with E-state index in [4.69, 9.17) is 14.2 Å². The van der Waals surface area contributed by atoms with Gasteiger partial charge < -0.3 is 34.6 Å². The number of phenolic OH excluding ortho intramolecular Hbond substituents is 2. The van der Waals surface area contributed by atoms with Gasteiger partial charge in [-0.1, -0.05) is 0 Å². The number of aromatic hydroxyl groups is 2. The molecule has 1 saturated carbocycles. The molecule has 3 fully saturated rings. The van der Waals surface area contributed by atoms with Gasteiger partial charge in [0.15, 0.2) is 17.7 Å². The number of Topliss-reactive ketones (excluding diaryl/α,β-unsaturated/α-hetero) is 2. The highest BCUT2D eigenvalue weighted by Gasteiger charge is 2.92. The number of aliphatic hydroxyl groups is 2. The summed E-state index contributed by atoms with van der Waals surface area (Å²) in [6.07, 6.45) is -5.69. The van der Waals surface area contributed by atoms with Crippen molar-refractivity contribution < 1.29 is 49.0 Å². The average Bonchev–Trinajstić information content (AvgIpc) is 2.95.